The molecule has 2 aromatic carbocycles. The molecule has 134 valence electrons. The first-order chi connectivity index (χ1) is 12.2. The number of amides is 1. The Morgan fingerprint density at radius 3 is 2.58 bits per heavy atom. The minimum Gasteiger partial charge on any atom is -0.506 e. The third-order valence-electron chi connectivity index (χ3n) is 3.51. The first-order valence-electron chi connectivity index (χ1n) is 7.31. The second-order valence-electron chi connectivity index (χ2n) is 5.36. The van der Waals surface area contributed by atoms with Crippen molar-refractivity contribution in [2.24, 2.45) is 0 Å². The zero-order valence-electron chi connectivity index (χ0n) is 13.0. The molecule has 4 nitrogen and oxygen atoms in total. The molecule has 3 aromatic rings. The average molecular weight is 382 g/mol. The molecular weight excluding hydrogens is 371 g/mol. The Balaban J connectivity index is 1.84. The quantitative estimate of drug-likeness (QED) is 0.582. The molecule has 1 amide bonds. The SMILES string of the molecule is O=C(Nc1cc(Cl)ccc1O)c1ccc(-c2cccc(C(F)(F)F)c2)o1. The number of hydrogen-bond acceptors (Lipinski definition) is 3. The van der Waals surface area contributed by atoms with Gasteiger partial charge in [0.15, 0.2) is 5.76 Å². The molecule has 0 saturated heterocycles. The molecule has 0 spiro atoms. The third kappa shape index (κ3) is 3.83. The van der Waals surface area contributed by atoms with Crippen LogP contribution < -0.4 is 5.32 Å². The summed E-state index contributed by atoms with van der Waals surface area (Å²) in [7, 11) is 0. The first kappa shape index (κ1) is 17.9. The van der Waals surface area contributed by atoms with E-state index in [1.54, 1.807) is 0 Å². The van der Waals surface area contributed by atoms with Crippen LogP contribution in [0.3, 0.4) is 0 Å². The Bertz CT molecular complexity index is 966. The number of nitrogens with one attached hydrogen (secondary N) is 1. The summed E-state index contributed by atoms with van der Waals surface area (Å²) < 4.78 is 43.7. The summed E-state index contributed by atoms with van der Waals surface area (Å²) in [5, 5.41) is 12.4. The van der Waals surface area contributed by atoms with Crippen LogP contribution in [0.25, 0.3) is 11.3 Å². The number of benzene rings is 2. The van der Waals surface area contributed by atoms with Crippen molar-refractivity contribution in [3.8, 4) is 17.1 Å². The number of phenolic OH excluding ortho intramolecular Hbond substituents is 1. The number of alkyl halides is 3. The fourth-order valence-corrected chi connectivity index (χ4v) is 2.43. The zero-order chi connectivity index (χ0) is 18.9. The predicted octanol–water partition coefficient (Wildman–Crippen LogP) is 5.58. The van der Waals surface area contributed by atoms with Crippen LogP contribution in [0.1, 0.15) is 16.1 Å². The normalized spacial score (nSPS) is 11.4. The largest absolute Gasteiger partial charge is 0.506 e. The molecule has 0 aliphatic carbocycles. The molecule has 0 atom stereocenters. The van der Waals surface area contributed by atoms with Crippen molar-refractivity contribution in [1.82, 2.24) is 0 Å². The highest BCUT2D eigenvalue weighted by molar-refractivity contribution is 6.31. The summed E-state index contributed by atoms with van der Waals surface area (Å²) in [4.78, 5) is 12.2. The van der Waals surface area contributed by atoms with Crippen LogP contribution in [-0.2, 0) is 6.18 Å². The van der Waals surface area contributed by atoms with Crippen molar-refractivity contribution < 1.29 is 27.5 Å². The van der Waals surface area contributed by atoms with Crippen LogP contribution >= 0.6 is 11.6 Å². The molecule has 8 heteroatoms. The van der Waals surface area contributed by atoms with E-state index in [2.05, 4.69) is 5.32 Å². The van der Waals surface area contributed by atoms with Crippen molar-refractivity contribution in [2.45, 2.75) is 6.18 Å². The first-order valence-corrected chi connectivity index (χ1v) is 7.69. The van der Waals surface area contributed by atoms with Gasteiger partial charge in [-0.1, -0.05) is 23.7 Å². The lowest BCUT2D eigenvalue weighted by Crippen LogP contribution is -2.10. The van der Waals surface area contributed by atoms with Gasteiger partial charge >= 0.3 is 6.18 Å². The third-order valence-corrected chi connectivity index (χ3v) is 3.75. The van der Waals surface area contributed by atoms with Crippen molar-refractivity contribution in [3.63, 3.8) is 0 Å². The van der Waals surface area contributed by atoms with E-state index in [1.165, 1.54) is 42.5 Å². The second kappa shape index (κ2) is 6.76. The van der Waals surface area contributed by atoms with Gasteiger partial charge in [0, 0.05) is 10.6 Å². The molecule has 0 unspecified atom stereocenters. The number of hydrogen-bond donors (Lipinski definition) is 2. The molecular formula is C18H11ClF3NO3. The zero-order valence-corrected chi connectivity index (χ0v) is 13.7. The van der Waals surface area contributed by atoms with E-state index in [4.69, 9.17) is 16.0 Å². The Morgan fingerprint density at radius 2 is 1.85 bits per heavy atom. The number of phenols is 1. The average Bonchev–Trinajstić information content (AvgIpc) is 3.08. The van der Waals surface area contributed by atoms with E-state index in [9.17, 15) is 23.1 Å². The molecule has 26 heavy (non-hydrogen) atoms. The predicted molar refractivity (Wildman–Crippen MR) is 90.2 cm³/mol. The van der Waals surface area contributed by atoms with E-state index >= 15 is 0 Å². The van der Waals surface area contributed by atoms with Gasteiger partial charge in [0.1, 0.15) is 11.5 Å². The number of carbonyl (C=O) groups excluding carboxylic acids is 1. The van der Waals surface area contributed by atoms with Gasteiger partial charge in [-0.25, -0.2) is 0 Å². The highest BCUT2D eigenvalue weighted by Crippen LogP contribution is 2.33. The fraction of sp³-hybridized carbons (Fsp3) is 0.0556. The molecule has 0 aliphatic rings. The minimum atomic E-state index is -4.48. The molecule has 0 aliphatic heterocycles. The van der Waals surface area contributed by atoms with Gasteiger partial charge < -0.3 is 14.8 Å². The molecule has 3 rings (SSSR count). The number of carbonyl (C=O) groups is 1. The molecule has 0 fully saturated rings. The van der Waals surface area contributed by atoms with Crippen LogP contribution in [0, 0.1) is 0 Å². The second-order valence-corrected chi connectivity index (χ2v) is 5.79. The number of halogens is 4. The Hall–Kier alpha value is -2.93. The molecule has 0 bridgehead atoms. The van der Waals surface area contributed by atoms with Gasteiger partial charge in [-0.05, 0) is 42.5 Å². The van der Waals surface area contributed by atoms with E-state index in [-0.39, 0.29) is 28.5 Å². The number of rotatable bonds is 3. The smallest absolute Gasteiger partial charge is 0.416 e. The number of aromatic hydroxyl groups is 1. The lowest BCUT2D eigenvalue weighted by atomic mass is 10.1. The van der Waals surface area contributed by atoms with Crippen LogP contribution in [0.15, 0.2) is 59.0 Å². The monoisotopic (exact) mass is 381 g/mol. The van der Waals surface area contributed by atoms with Crippen molar-refractivity contribution in [1.29, 1.82) is 0 Å². The maximum Gasteiger partial charge on any atom is 0.416 e. The van der Waals surface area contributed by atoms with Crippen molar-refractivity contribution in [2.75, 3.05) is 5.32 Å². The molecule has 1 aromatic heterocycles. The van der Waals surface area contributed by atoms with E-state index < -0.39 is 17.6 Å². The van der Waals surface area contributed by atoms with Crippen LogP contribution in [0.2, 0.25) is 5.02 Å². The lowest BCUT2D eigenvalue weighted by Gasteiger charge is -2.07. The Morgan fingerprint density at radius 1 is 1.08 bits per heavy atom. The van der Waals surface area contributed by atoms with Crippen LogP contribution in [0.4, 0.5) is 18.9 Å². The Kier molecular flexibility index (Phi) is 4.65. The van der Waals surface area contributed by atoms with Crippen molar-refractivity contribution in [3.05, 3.63) is 70.9 Å². The van der Waals surface area contributed by atoms with Gasteiger partial charge in [-0.3, -0.25) is 4.79 Å². The van der Waals surface area contributed by atoms with Crippen LogP contribution in [0.5, 0.6) is 5.75 Å². The van der Waals surface area contributed by atoms with Crippen LogP contribution in [-0.4, -0.2) is 11.0 Å². The maximum absolute atomic E-state index is 12.8. The van der Waals surface area contributed by atoms with Gasteiger partial charge in [0.25, 0.3) is 5.91 Å². The Labute approximate surface area is 150 Å². The van der Waals surface area contributed by atoms with Gasteiger partial charge in [-0.2, -0.15) is 13.2 Å². The molecule has 0 radical (unpaired) electrons. The number of furan rings is 1. The van der Waals surface area contributed by atoms with E-state index in [1.807, 2.05) is 0 Å². The maximum atomic E-state index is 12.8. The summed E-state index contributed by atoms with van der Waals surface area (Å²) in [6.45, 7) is 0. The molecule has 0 saturated carbocycles. The lowest BCUT2D eigenvalue weighted by molar-refractivity contribution is -0.137. The highest BCUT2D eigenvalue weighted by atomic mass is 35.5. The highest BCUT2D eigenvalue weighted by Gasteiger charge is 2.30. The molecule has 2 N–H and O–H groups in total. The fourth-order valence-electron chi connectivity index (χ4n) is 2.26. The summed E-state index contributed by atoms with van der Waals surface area (Å²) in [5.74, 6) is -0.887. The summed E-state index contributed by atoms with van der Waals surface area (Å²) >= 11 is 5.80. The van der Waals surface area contributed by atoms with Gasteiger partial charge in [-0.15, -0.1) is 0 Å². The summed E-state index contributed by atoms with van der Waals surface area (Å²) in [6.07, 6.45) is -4.48. The summed E-state index contributed by atoms with van der Waals surface area (Å²) in [6, 6.07) is 11.4. The van der Waals surface area contributed by atoms with E-state index in [0.717, 1.165) is 12.1 Å². The van der Waals surface area contributed by atoms with Gasteiger partial charge in [0.2, 0.25) is 0 Å². The topological polar surface area (TPSA) is 62.5 Å². The van der Waals surface area contributed by atoms with Gasteiger partial charge in [0.05, 0.1) is 11.3 Å². The van der Waals surface area contributed by atoms with Crippen molar-refractivity contribution >= 4 is 23.2 Å². The summed E-state index contributed by atoms with van der Waals surface area (Å²) in [5.41, 5.74) is -0.551. The van der Waals surface area contributed by atoms with E-state index in [0.29, 0.717) is 5.02 Å². The minimum absolute atomic E-state index is 0.0829. The number of anilines is 1. The standard InChI is InChI=1S/C18H11ClF3NO3/c19-12-4-5-14(24)13(9-12)23-17(25)16-7-6-15(26-16)10-2-1-3-11(8-10)18(20,21)22/h1-9,24H,(H,23,25). The molecule has 1 heterocycles.